The quantitative estimate of drug-likeness (QED) is 0.301. The smallest absolute Gasteiger partial charge is 0.338 e. The summed E-state index contributed by atoms with van der Waals surface area (Å²) in [6.07, 6.45) is -3.38. The number of non-ortho nitro benzene ring substituents is 1. The van der Waals surface area contributed by atoms with Gasteiger partial charge in [-0.3, -0.25) is 10.1 Å². The van der Waals surface area contributed by atoms with E-state index in [4.69, 9.17) is 33.2 Å². The number of carbonyl (C=O) groups is 1. The Morgan fingerprint density at radius 1 is 1.00 bits per heavy atom. The molecule has 2 fully saturated rings. The van der Waals surface area contributed by atoms with Crippen LogP contribution < -0.4 is 0 Å². The van der Waals surface area contributed by atoms with Crippen molar-refractivity contribution in [2.75, 3.05) is 20.8 Å². The topological polar surface area (TPSA) is 125 Å². The number of nitro groups is 1. The van der Waals surface area contributed by atoms with Crippen molar-refractivity contribution in [3.05, 3.63) is 75.8 Å². The van der Waals surface area contributed by atoms with Gasteiger partial charge < -0.3 is 33.2 Å². The van der Waals surface area contributed by atoms with Crippen LogP contribution in [0.3, 0.4) is 0 Å². The molecule has 0 unspecified atom stereocenters. The molecule has 2 aromatic carbocycles. The van der Waals surface area contributed by atoms with E-state index in [0.717, 1.165) is 5.56 Å². The van der Waals surface area contributed by atoms with E-state index >= 15 is 0 Å². The van der Waals surface area contributed by atoms with Crippen LogP contribution in [0.2, 0.25) is 0 Å². The van der Waals surface area contributed by atoms with E-state index in [1.165, 1.54) is 38.5 Å². The van der Waals surface area contributed by atoms with E-state index in [2.05, 4.69) is 0 Å². The van der Waals surface area contributed by atoms with Crippen LogP contribution in [0.4, 0.5) is 5.69 Å². The lowest BCUT2D eigenvalue weighted by molar-refractivity contribution is -0.479. The van der Waals surface area contributed by atoms with Crippen LogP contribution in [-0.4, -0.2) is 67.9 Å². The van der Waals surface area contributed by atoms with Crippen LogP contribution in [0, 0.1) is 10.1 Å². The molecule has 2 heterocycles. The Morgan fingerprint density at radius 3 is 2.19 bits per heavy atom. The number of methoxy groups -OCH3 is 2. The molecular weight excluding hydrogens is 474 g/mol. The fourth-order valence-corrected chi connectivity index (χ4v) is 4.13. The van der Waals surface area contributed by atoms with Crippen molar-refractivity contribution in [1.29, 1.82) is 0 Å². The summed E-state index contributed by atoms with van der Waals surface area (Å²) in [6, 6.07) is 14.7. The average molecular weight is 504 g/mol. The molecule has 0 radical (unpaired) electrons. The third-order valence-corrected chi connectivity index (χ3v) is 6.54. The monoisotopic (exact) mass is 503 g/mol. The molecule has 2 aliphatic heterocycles. The van der Waals surface area contributed by atoms with Gasteiger partial charge >= 0.3 is 5.97 Å². The third-order valence-electron chi connectivity index (χ3n) is 6.54. The van der Waals surface area contributed by atoms with E-state index in [0.29, 0.717) is 0 Å². The minimum atomic E-state index is -1.34. The molecule has 6 atom stereocenters. The highest BCUT2D eigenvalue weighted by molar-refractivity contribution is 5.89. The van der Waals surface area contributed by atoms with Crippen molar-refractivity contribution >= 4 is 11.7 Å². The summed E-state index contributed by atoms with van der Waals surface area (Å²) >= 11 is 0. The number of nitrogens with zero attached hydrogens (tertiary/aromatic N) is 1. The highest BCUT2D eigenvalue weighted by Crippen LogP contribution is 2.43. The van der Waals surface area contributed by atoms with Crippen molar-refractivity contribution in [3.63, 3.8) is 0 Å². The fourth-order valence-electron chi connectivity index (χ4n) is 4.13. The molecule has 2 saturated heterocycles. The van der Waals surface area contributed by atoms with Crippen molar-refractivity contribution in [1.82, 2.24) is 0 Å². The molecule has 194 valence electrons. The molecule has 0 spiro atoms. The van der Waals surface area contributed by atoms with Gasteiger partial charge in [0, 0.05) is 26.4 Å². The van der Waals surface area contributed by atoms with Gasteiger partial charge in [0.1, 0.15) is 12.2 Å². The minimum absolute atomic E-state index is 0.0355. The molecule has 0 saturated carbocycles. The first kappa shape index (κ1) is 26.1. The summed E-state index contributed by atoms with van der Waals surface area (Å²) in [7, 11) is 2.93. The van der Waals surface area contributed by atoms with Gasteiger partial charge in [-0.2, -0.15) is 0 Å². The van der Waals surface area contributed by atoms with Crippen molar-refractivity contribution in [3.8, 4) is 0 Å². The number of esters is 1. The number of carbonyl (C=O) groups excluding carboxylic acids is 1. The molecule has 0 aromatic heterocycles. The van der Waals surface area contributed by atoms with Crippen LogP contribution >= 0.6 is 0 Å². The Bertz CT molecular complexity index is 1060. The first-order valence-corrected chi connectivity index (χ1v) is 11.4. The summed E-state index contributed by atoms with van der Waals surface area (Å²) in [4.78, 5) is 23.2. The maximum atomic E-state index is 12.8. The van der Waals surface area contributed by atoms with E-state index < -0.39 is 47.1 Å². The first-order chi connectivity index (χ1) is 17.2. The molecule has 11 heteroatoms. The van der Waals surface area contributed by atoms with Gasteiger partial charge in [-0.05, 0) is 31.5 Å². The molecule has 0 bridgehead atoms. The second kappa shape index (κ2) is 10.6. The standard InChI is InChI=1S/C25H29NO10/c1-24(30-3)25(2,31-4)36-21-20(35-24)19(15-33-23(21)32-14-16-8-6-5-7-9-16)34-22(27)17-10-12-18(13-11-17)26(28)29/h5-13,19-21,23H,14-15H2,1-4H3/t19-,20+,21-,23-,24-,25-/m0/s1. The Morgan fingerprint density at radius 2 is 1.61 bits per heavy atom. The van der Waals surface area contributed by atoms with Gasteiger partial charge in [-0.1, -0.05) is 30.3 Å². The highest BCUT2D eigenvalue weighted by atomic mass is 16.8. The number of hydrogen-bond acceptors (Lipinski definition) is 10. The summed E-state index contributed by atoms with van der Waals surface area (Å²) in [5.74, 6) is -3.36. The molecule has 0 N–H and O–H groups in total. The zero-order valence-electron chi connectivity index (χ0n) is 20.4. The van der Waals surface area contributed by atoms with Gasteiger partial charge in [-0.15, -0.1) is 0 Å². The first-order valence-electron chi connectivity index (χ1n) is 11.4. The zero-order valence-corrected chi connectivity index (χ0v) is 20.4. The van der Waals surface area contributed by atoms with Gasteiger partial charge in [-0.25, -0.2) is 4.79 Å². The van der Waals surface area contributed by atoms with Crippen LogP contribution in [0.15, 0.2) is 54.6 Å². The number of nitro benzene ring substituents is 1. The number of benzene rings is 2. The number of ether oxygens (including phenoxy) is 7. The maximum absolute atomic E-state index is 12.8. The fraction of sp³-hybridized carbons (Fsp3) is 0.480. The van der Waals surface area contributed by atoms with Crippen LogP contribution in [-0.2, 0) is 39.8 Å². The molecule has 36 heavy (non-hydrogen) atoms. The zero-order chi connectivity index (χ0) is 25.9. The maximum Gasteiger partial charge on any atom is 0.338 e. The summed E-state index contributed by atoms with van der Waals surface area (Å²) < 4.78 is 41.5. The van der Waals surface area contributed by atoms with E-state index in [9.17, 15) is 14.9 Å². The van der Waals surface area contributed by atoms with Crippen molar-refractivity contribution in [2.45, 2.75) is 56.6 Å². The second-order valence-corrected chi connectivity index (χ2v) is 8.71. The molecule has 2 aromatic rings. The SMILES string of the molecule is CO[C@@]1(C)O[C@@H]2[C@@H](OCc3ccccc3)OC[C@H](OC(=O)c3ccc([N+](=O)[O-])cc3)[C@H]2O[C@]1(C)OC. The van der Waals surface area contributed by atoms with Crippen LogP contribution in [0.1, 0.15) is 29.8 Å². The molecule has 0 aliphatic carbocycles. The van der Waals surface area contributed by atoms with Crippen LogP contribution in [0.25, 0.3) is 0 Å². The average Bonchev–Trinajstić information content (AvgIpc) is 2.89. The lowest BCUT2D eigenvalue weighted by Gasteiger charge is -2.55. The number of hydrogen-bond donors (Lipinski definition) is 0. The van der Waals surface area contributed by atoms with E-state index in [-0.39, 0.29) is 24.5 Å². The number of fused-ring (bicyclic) bond motifs is 1. The summed E-state index contributed by atoms with van der Waals surface area (Å²) in [6.45, 7) is 3.56. The normalized spacial score (nSPS) is 31.9. The second-order valence-electron chi connectivity index (χ2n) is 8.71. The Labute approximate surface area is 208 Å². The lowest BCUT2D eigenvalue weighted by atomic mass is 9.98. The lowest BCUT2D eigenvalue weighted by Crippen LogP contribution is -2.71. The molecule has 0 amide bonds. The largest absolute Gasteiger partial charge is 0.453 e. The van der Waals surface area contributed by atoms with E-state index in [1.807, 2.05) is 30.3 Å². The predicted octanol–water partition coefficient (Wildman–Crippen LogP) is 3.20. The van der Waals surface area contributed by atoms with Crippen LogP contribution in [0.5, 0.6) is 0 Å². The van der Waals surface area contributed by atoms with Gasteiger partial charge in [0.2, 0.25) is 11.6 Å². The Hall–Kier alpha value is -2.93. The highest BCUT2D eigenvalue weighted by Gasteiger charge is 2.62. The van der Waals surface area contributed by atoms with Crippen molar-refractivity contribution < 1.29 is 42.9 Å². The Kier molecular flexibility index (Phi) is 7.69. The summed E-state index contributed by atoms with van der Waals surface area (Å²) in [5.41, 5.74) is 0.953. The molecular formula is C25H29NO10. The molecule has 4 rings (SSSR count). The molecule has 2 aliphatic rings. The van der Waals surface area contributed by atoms with Gasteiger partial charge in [0.15, 0.2) is 12.4 Å². The van der Waals surface area contributed by atoms with Crippen molar-refractivity contribution in [2.24, 2.45) is 0 Å². The van der Waals surface area contributed by atoms with E-state index in [1.54, 1.807) is 13.8 Å². The Balaban J connectivity index is 1.55. The number of rotatable bonds is 8. The third kappa shape index (κ3) is 5.12. The minimum Gasteiger partial charge on any atom is -0.453 e. The molecule has 11 nitrogen and oxygen atoms in total. The summed E-state index contributed by atoms with van der Waals surface area (Å²) in [5, 5.41) is 10.9. The van der Waals surface area contributed by atoms with Gasteiger partial charge in [0.05, 0.1) is 23.7 Å². The predicted molar refractivity (Wildman–Crippen MR) is 124 cm³/mol. The van der Waals surface area contributed by atoms with Gasteiger partial charge in [0.25, 0.3) is 5.69 Å².